The Bertz CT molecular complexity index is 1240. The lowest BCUT2D eigenvalue weighted by Crippen LogP contribution is -2.37. The van der Waals surface area contributed by atoms with Crippen LogP contribution in [-0.2, 0) is 9.71 Å². The fourth-order valence-electron chi connectivity index (χ4n) is 3.29. The largest absolute Gasteiger partial charge is 0.290 e. The highest BCUT2D eigenvalue weighted by atomic mass is 32.2. The summed E-state index contributed by atoms with van der Waals surface area (Å²) < 4.78 is 29.7. The lowest BCUT2D eigenvalue weighted by Gasteiger charge is -2.30. The number of fused-ring (bicyclic) bond motifs is 1. The number of anilines is 2. The lowest BCUT2D eigenvalue weighted by molar-refractivity contribution is 0.213. The van der Waals surface area contributed by atoms with Crippen LogP contribution in [0.25, 0.3) is 11.0 Å². The molecule has 2 aromatic carbocycles. The molecule has 4 rings (SSSR count). The second-order valence-corrected chi connectivity index (χ2v) is 9.11. The van der Waals surface area contributed by atoms with Crippen LogP contribution in [-0.4, -0.2) is 31.3 Å². The SMILES string of the molecule is C=S(=O)(Nc1nc2ccccc2nc1N(O)C1C=CC(F)=CC1C)c1ccccc1. The first-order valence-corrected chi connectivity index (χ1v) is 11.1. The van der Waals surface area contributed by atoms with Crippen LogP contribution in [0, 0.1) is 5.92 Å². The minimum absolute atomic E-state index is 0.0817. The minimum Gasteiger partial charge on any atom is -0.290 e. The summed E-state index contributed by atoms with van der Waals surface area (Å²) in [6, 6.07) is 15.3. The number of rotatable bonds is 5. The number of halogens is 1. The first kappa shape index (κ1) is 20.1. The lowest BCUT2D eigenvalue weighted by atomic mass is 9.96. The normalized spacial score (nSPS) is 20.4. The maximum atomic E-state index is 13.6. The number of nitrogens with one attached hydrogen (secondary N) is 1. The summed E-state index contributed by atoms with van der Waals surface area (Å²) in [4.78, 5) is 9.56. The van der Waals surface area contributed by atoms with Crippen molar-refractivity contribution in [3.63, 3.8) is 0 Å². The van der Waals surface area contributed by atoms with Crippen molar-refractivity contribution in [1.29, 1.82) is 0 Å². The van der Waals surface area contributed by atoms with Gasteiger partial charge >= 0.3 is 0 Å². The van der Waals surface area contributed by atoms with Gasteiger partial charge in [-0.1, -0.05) is 43.3 Å². The molecule has 1 aliphatic rings. The van der Waals surface area contributed by atoms with Crippen LogP contribution in [0.15, 0.2) is 83.5 Å². The van der Waals surface area contributed by atoms with Gasteiger partial charge < -0.3 is 0 Å². The molecule has 0 bridgehead atoms. The minimum atomic E-state index is -2.97. The number of hydrogen-bond donors (Lipinski definition) is 2. The molecule has 6 nitrogen and oxygen atoms in total. The van der Waals surface area contributed by atoms with Gasteiger partial charge in [0.2, 0.25) is 0 Å². The zero-order valence-electron chi connectivity index (χ0n) is 16.3. The van der Waals surface area contributed by atoms with E-state index in [9.17, 15) is 13.8 Å². The Hall–Kier alpha value is -3.23. The molecule has 0 amide bonds. The first-order valence-electron chi connectivity index (χ1n) is 9.35. The number of hydrogen-bond acceptors (Lipinski definition) is 5. The molecule has 0 spiro atoms. The Morgan fingerprint density at radius 3 is 2.40 bits per heavy atom. The van der Waals surface area contributed by atoms with E-state index in [0.29, 0.717) is 15.9 Å². The van der Waals surface area contributed by atoms with E-state index in [1.54, 1.807) is 49.4 Å². The van der Waals surface area contributed by atoms with Crippen LogP contribution in [0.5, 0.6) is 0 Å². The third kappa shape index (κ3) is 3.92. The zero-order chi connectivity index (χ0) is 21.3. The molecule has 0 radical (unpaired) electrons. The summed E-state index contributed by atoms with van der Waals surface area (Å²) in [5, 5.41) is 11.9. The van der Waals surface area contributed by atoms with Crippen molar-refractivity contribution < 1.29 is 13.8 Å². The molecule has 1 heterocycles. The summed E-state index contributed by atoms with van der Waals surface area (Å²) in [5.74, 6) is 3.35. The van der Waals surface area contributed by atoms with Crippen LogP contribution in [0.3, 0.4) is 0 Å². The van der Waals surface area contributed by atoms with E-state index in [1.165, 1.54) is 12.2 Å². The van der Waals surface area contributed by atoms with Crippen molar-refractivity contribution in [2.24, 2.45) is 5.92 Å². The number of nitrogens with zero attached hydrogens (tertiary/aromatic N) is 3. The smallest absolute Gasteiger partial charge is 0.197 e. The predicted octanol–water partition coefficient (Wildman–Crippen LogP) is 4.36. The summed E-state index contributed by atoms with van der Waals surface area (Å²) in [6.45, 7) is 1.78. The summed E-state index contributed by atoms with van der Waals surface area (Å²) in [5.41, 5.74) is 1.13. The van der Waals surface area contributed by atoms with Crippen molar-refractivity contribution in [1.82, 2.24) is 9.97 Å². The predicted molar refractivity (Wildman–Crippen MR) is 119 cm³/mol. The van der Waals surface area contributed by atoms with Crippen LogP contribution >= 0.6 is 0 Å². The fourth-order valence-corrected chi connectivity index (χ4v) is 4.45. The Balaban J connectivity index is 1.79. The van der Waals surface area contributed by atoms with Gasteiger partial charge in [-0.05, 0) is 42.3 Å². The molecule has 0 aliphatic heterocycles. The molecule has 0 saturated carbocycles. The van der Waals surface area contributed by atoms with Crippen molar-refractivity contribution in [2.45, 2.75) is 17.9 Å². The Morgan fingerprint density at radius 1 is 1.10 bits per heavy atom. The number of benzene rings is 2. The quantitative estimate of drug-likeness (QED) is 0.470. The molecule has 3 unspecified atom stereocenters. The van der Waals surface area contributed by atoms with Gasteiger partial charge in [-0.3, -0.25) is 9.93 Å². The molecular weight excluding hydrogens is 403 g/mol. The van der Waals surface area contributed by atoms with Crippen LogP contribution in [0.2, 0.25) is 0 Å². The molecule has 3 aromatic rings. The van der Waals surface area contributed by atoms with E-state index in [0.717, 1.165) is 5.06 Å². The number of hydroxylamine groups is 1. The molecule has 0 saturated heterocycles. The van der Waals surface area contributed by atoms with Gasteiger partial charge in [0.15, 0.2) is 11.6 Å². The van der Waals surface area contributed by atoms with Gasteiger partial charge in [0.25, 0.3) is 0 Å². The Morgan fingerprint density at radius 2 is 1.73 bits per heavy atom. The Kier molecular flexibility index (Phi) is 5.27. The highest BCUT2D eigenvalue weighted by Crippen LogP contribution is 2.31. The van der Waals surface area contributed by atoms with Crippen molar-refractivity contribution >= 4 is 38.2 Å². The molecule has 30 heavy (non-hydrogen) atoms. The fraction of sp³-hybridized carbons (Fsp3) is 0.136. The van der Waals surface area contributed by atoms with Gasteiger partial charge in [0, 0.05) is 10.8 Å². The number of allylic oxidation sites excluding steroid dienone is 2. The standard InChI is InChI=1S/C22H21FN4O2S/c1-15-14-16(23)12-13-20(15)27(28)22-21(24-18-10-6-7-11-19(18)25-22)26-30(2,29)17-8-4-3-5-9-17/h3-15,20,28H,2H2,1H3,(H,24,26,29). The molecule has 154 valence electrons. The third-order valence-corrected chi connectivity index (χ3v) is 6.41. The molecule has 3 atom stereocenters. The maximum Gasteiger partial charge on any atom is 0.197 e. The summed E-state index contributed by atoms with van der Waals surface area (Å²) >= 11 is 0. The van der Waals surface area contributed by atoms with E-state index >= 15 is 0 Å². The van der Waals surface area contributed by atoms with Gasteiger partial charge in [0.05, 0.1) is 26.8 Å². The molecule has 8 heteroatoms. The van der Waals surface area contributed by atoms with Crippen LogP contribution < -0.4 is 9.79 Å². The van der Waals surface area contributed by atoms with Gasteiger partial charge in [-0.2, -0.15) is 0 Å². The van der Waals surface area contributed by atoms with E-state index in [4.69, 9.17) is 0 Å². The topological polar surface area (TPSA) is 78.4 Å². The van der Waals surface area contributed by atoms with Gasteiger partial charge in [-0.15, -0.1) is 0 Å². The monoisotopic (exact) mass is 424 g/mol. The highest BCUT2D eigenvalue weighted by molar-refractivity contribution is 8.01. The van der Waals surface area contributed by atoms with E-state index in [2.05, 4.69) is 20.6 Å². The first-order chi connectivity index (χ1) is 14.3. The zero-order valence-corrected chi connectivity index (χ0v) is 17.1. The highest BCUT2D eigenvalue weighted by Gasteiger charge is 2.28. The molecule has 2 N–H and O–H groups in total. The number of aromatic nitrogens is 2. The molecular formula is C22H21FN4O2S. The third-order valence-electron chi connectivity index (χ3n) is 4.85. The summed E-state index contributed by atoms with van der Waals surface area (Å²) in [7, 11) is -2.97. The molecule has 0 fully saturated rings. The average Bonchev–Trinajstić information content (AvgIpc) is 2.73. The van der Waals surface area contributed by atoms with Crippen molar-refractivity contribution in [2.75, 3.05) is 9.79 Å². The average molecular weight is 425 g/mol. The molecule has 1 aromatic heterocycles. The Labute approximate surface area is 174 Å². The molecule has 1 aliphatic carbocycles. The van der Waals surface area contributed by atoms with Gasteiger partial charge in [-0.25, -0.2) is 23.6 Å². The van der Waals surface area contributed by atoms with E-state index in [1.807, 2.05) is 18.2 Å². The number of para-hydroxylation sites is 2. The second-order valence-electron chi connectivity index (χ2n) is 7.08. The summed E-state index contributed by atoms with van der Waals surface area (Å²) in [6.07, 6.45) is 4.27. The van der Waals surface area contributed by atoms with Crippen molar-refractivity contribution in [3.8, 4) is 0 Å². The van der Waals surface area contributed by atoms with E-state index < -0.39 is 15.7 Å². The van der Waals surface area contributed by atoms with Crippen LogP contribution in [0.4, 0.5) is 16.0 Å². The maximum absolute atomic E-state index is 13.6. The van der Waals surface area contributed by atoms with Crippen molar-refractivity contribution in [3.05, 3.63) is 78.7 Å². The van der Waals surface area contributed by atoms with Crippen LogP contribution in [0.1, 0.15) is 6.92 Å². The van der Waals surface area contributed by atoms with Gasteiger partial charge in [0.1, 0.15) is 5.83 Å². The second kappa shape index (κ2) is 7.89. The van der Waals surface area contributed by atoms with E-state index in [-0.39, 0.29) is 23.4 Å².